The molecular formula is C29H40ClNO3Si2. The molecule has 0 unspecified atom stereocenters. The molecule has 2 aromatic rings. The van der Waals surface area contributed by atoms with Gasteiger partial charge in [-0.15, -0.1) is 0 Å². The maximum Gasteiger partial charge on any atom is 0.338 e. The molecule has 194 valence electrons. The zero-order chi connectivity index (χ0) is 26.7. The summed E-state index contributed by atoms with van der Waals surface area (Å²) in [6.45, 7) is 14.3. The summed E-state index contributed by atoms with van der Waals surface area (Å²) in [7, 11) is -1.75. The number of nitrogens with one attached hydrogen (secondary N) is 1. The Balaban J connectivity index is 2.19. The Labute approximate surface area is 223 Å². The van der Waals surface area contributed by atoms with Gasteiger partial charge >= 0.3 is 5.97 Å². The second kappa shape index (κ2) is 11.5. The predicted molar refractivity (Wildman–Crippen MR) is 157 cm³/mol. The van der Waals surface area contributed by atoms with E-state index in [9.17, 15) is 9.59 Å². The van der Waals surface area contributed by atoms with E-state index in [2.05, 4.69) is 56.7 Å². The Morgan fingerprint density at radius 3 is 2.11 bits per heavy atom. The van der Waals surface area contributed by atoms with E-state index in [1.165, 1.54) is 13.5 Å². The van der Waals surface area contributed by atoms with Gasteiger partial charge in [-0.3, -0.25) is 4.79 Å². The Morgan fingerprint density at radius 1 is 0.889 bits per heavy atom. The number of rotatable bonds is 7. The van der Waals surface area contributed by atoms with Crippen LogP contribution < -0.4 is 5.32 Å². The summed E-state index contributed by atoms with van der Waals surface area (Å²) in [6, 6.07) is 11.2. The SMILES string of the molecule is COC(=O)c1ccc(Cl)cc1-c1ccc(C=C([Si](C)(C)C)[Si](C)(C)C)cc1C(=O)NC1CCCCC1. The van der Waals surface area contributed by atoms with Crippen LogP contribution in [-0.4, -0.2) is 41.2 Å². The Morgan fingerprint density at radius 2 is 1.53 bits per heavy atom. The van der Waals surface area contributed by atoms with Crippen LogP contribution in [0.15, 0.2) is 41.2 Å². The highest BCUT2D eigenvalue weighted by atomic mass is 35.5. The van der Waals surface area contributed by atoms with Crippen molar-refractivity contribution < 1.29 is 14.3 Å². The van der Waals surface area contributed by atoms with Gasteiger partial charge in [-0.05, 0) is 53.8 Å². The van der Waals surface area contributed by atoms with E-state index in [4.69, 9.17) is 16.3 Å². The van der Waals surface area contributed by atoms with Gasteiger partial charge in [0, 0.05) is 16.6 Å². The predicted octanol–water partition coefficient (Wildman–Crippen LogP) is 7.99. The number of carbonyl (C=O) groups excluding carboxylic acids is 2. The van der Waals surface area contributed by atoms with E-state index in [0.717, 1.165) is 31.2 Å². The number of hydrogen-bond acceptors (Lipinski definition) is 3. The van der Waals surface area contributed by atoms with Gasteiger partial charge in [0.25, 0.3) is 5.91 Å². The van der Waals surface area contributed by atoms with Crippen LogP contribution in [0.2, 0.25) is 44.3 Å². The van der Waals surface area contributed by atoms with E-state index in [0.29, 0.717) is 27.3 Å². The first kappa shape index (κ1) is 28.4. The Kier molecular flexibility index (Phi) is 9.07. The molecular weight excluding hydrogens is 502 g/mol. The van der Waals surface area contributed by atoms with Crippen molar-refractivity contribution in [3.05, 3.63) is 62.9 Å². The first-order valence-electron chi connectivity index (χ1n) is 12.9. The molecule has 3 rings (SSSR count). The largest absolute Gasteiger partial charge is 0.465 e. The minimum absolute atomic E-state index is 0.106. The Bertz CT molecular complexity index is 1140. The summed E-state index contributed by atoms with van der Waals surface area (Å²) in [5.41, 5.74) is 3.27. The van der Waals surface area contributed by atoms with Gasteiger partial charge in [-0.25, -0.2) is 4.79 Å². The highest BCUT2D eigenvalue weighted by Crippen LogP contribution is 2.33. The van der Waals surface area contributed by atoms with Gasteiger partial charge < -0.3 is 10.1 Å². The quantitative estimate of drug-likeness (QED) is 0.285. The molecule has 36 heavy (non-hydrogen) atoms. The Hall–Kier alpha value is -2.16. The highest BCUT2D eigenvalue weighted by Gasteiger charge is 2.31. The molecule has 1 amide bonds. The zero-order valence-electron chi connectivity index (χ0n) is 22.8. The summed E-state index contributed by atoms with van der Waals surface area (Å²) in [5.74, 6) is -0.561. The molecule has 1 saturated carbocycles. The molecule has 1 aliphatic carbocycles. The molecule has 0 aromatic heterocycles. The molecule has 0 radical (unpaired) electrons. The monoisotopic (exact) mass is 541 g/mol. The van der Waals surface area contributed by atoms with Gasteiger partial charge in [-0.2, -0.15) is 0 Å². The first-order chi connectivity index (χ1) is 16.8. The summed E-state index contributed by atoms with van der Waals surface area (Å²) in [4.78, 5) is 27.9. The smallest absolute Gasteiger partial charge is 0.338 e. The third-order valence-corrected chi connectivity index (χ3v) is 15.1. The molecule has 1 fully saturated rings. The topological polar surface area (TPSA) is 55.4 Å². The van der Waals surface area contributed by atoms with Crippen LogP contribution in [0.4, 0.5) is 0 Å². The highest BCUT2D eigenvalue weighted by molar-refractivity contribution is 7.05. The fourth-order valence-electron chi connectivity index (χ4n) is 5.34. The van der Waals surface area contributed by atoms with Crippen LogP contribution in [-0.2, 0) is 4.74 Å². The fourth-order valence-corrected chi connectivity index (χ4v) is 15.7. The van der Waals surface area contributed by atoms with Crippen molar-refractivity contribution in [3.63, 3.8) is 0 Å². The lowest BCUT2D eigenvalue weighted by molar-refractivity contribution is 0.0601. The summed E-state index contributed by atoms with van der Waals surface area (Å²) in [6.07, 6.45) is 7.81. The summed E-state index contributed by atoms with van der Waals surface area (Å²) in [5, 5.41) is 3.77. The number of carbonyl (C=O) groups is 2. The summed E-state index contributed by atoms with van der Waals surface area (Å²) >= 11 is 6.35. The molecule has 2 aromatic carbocycles. The number of benzene rings is 2. The van der Waals surface area contributed by atoms with E-state index in [1.54, 1.807) is 23.0 Å². The average molecular weight is 542 g/mol. The number of halogens is 1. The molecule has 4 nitrogen and oxygen atoms in total. The van der Waals surface area contributed by atoms with Crippen molar-refractivity contribution >= 4 is 45.7 Å². The second-order valence-electron chi connectivity index (χ2n) is 11.9. The molecule has 7 heteroatoms. The van der Waals surface area contributed by atoms with Crippen LogP contribution in [0.3, 0.4) is 0 Å². The fraction of sp³-hybridized carbons (Fsp3) is 0.448. The molecule has 0 saturated heterocycles. The van der Waals surface area contributed by atoms with Crippen LogP contribution in [0, 0.1) is 0 Å². The summed E-state index contributed by atoms with van der Waals surface area (Å²) < 4.78 is 5.03. The van der Waals surface area contributed by atoms with E-state index < -0.39 is 22.1 Å². The normalized spacial score (nSPS) is 14.8. The van der Waals surface area contributed by atoms with Crippen LogP contribution in [0.1, 0.15) is 58.4 Å². The molecule has 0 spiro atoms. The van der Waals surface area contributed by atoms with Crippen molar-refractivity contribution in [1.82, 2.24) is 5.32 Å². The van der Waals surface area contributed by atoms with Gasteiger partial charge in [0.05, 0.1) is 28.8 Å². The van der Waals surface area contributed by atoms with Crippen molar-refractivity contribution in [2.75, 3.05) is 7.11 Å². The molecule has 0 heterocycles. The molecule has 1 N–H and O–H groups in total. The lowest BCUT2D eigenvalue weighted by Gasteiger charge is -2.31. The number of amides is 1. The van der Waals surface area contributed by atoms with Gasteiger partial charge in [0.15, 0.2) is 0 Å². The van der Waals surface area contributed by atoms with Crippen LogP contribution in [0.25, 0.3) is 17.2 Å². The number of ether oxygens (including phenoxy) is 1. The molecule has 1 aliphatic rings. The molecule has 0 atom stereocenters. The average Bonchev–Trinajstić information content (AvgIpc) is 2.81. The van der Waals surface area contributed by atoms with Gasteiger partial charge in [0.2, 0.25) is 0 Å². The van der Waals surface area contributed by atoms with Gasteiger partial charge in [0.1, 0.15) is 0 Å². The first-order valence-corrected chi connectivity index (χ1v) is 20.2. The van der Waals surface area contributed by atoms with E-state index >= 15 is 0 Å². The third kappa shape index (κ3) is 6.99. The van der Waals surface area contributed by atoms with Crippen molar-refractivity contribution in [1.29, 1.82) is 0 Å². The van der Waals surface area contributed by atoms with Gasteiger partial charge in [-0.1, -0.05) is 93.2 Å². The van der Waals surface area contributed by atoms with Crippen LogP contribution >= 0.6 is 11.6 Å². The maximum absolute atomic E-state index is 13.7. The molecule has 0 bridgehead atoms. The number of esters is 1. The number of hydrogen-bond donors (Lipinski definition) is 1. The van der Waals surface area contributed by atoms with Crippen LogP contribution in [0.5, 0.6) is 0 Å². The molecule has 0 aliphatic heterocycles. The number of methoxy groups -OCH3 is 1. The second-order valence-corrected chi connectivity index (χ2v) is 22.9. The van der Waals surface area contributed by atoms with E-state index in [1.807, 2.05) is 12.1 Å². The van der Waals surface area contributed by atoms with Crippen molar-refractivity contribution in [2.24, 2.45) is 0 Å². The van der Waals surface area contributed by atoms with Crippen molar-refractivity contribution in [3.8, 4) is 11.1 Å². The van der Waals surface area contributed by atoms with Crippen molar-refractivity contribution in [2.45, 2.75) is 77.4 Å². The minimum Gasteiger partial charge on any atom is -0.465 e. The lowest BCUT2D eigenvalue weighted by atomic mass is 9.92. The minimum atomic E-state index is -1.55. The maximum atomic E-state index is 13.7. The van der Waals surface area contributed by atoms with E-state index in [-0.39, 0.29) is 11.9 Å². The lowest BCUT2D eigenvalue weighted by Crippen LogP contribution is -2.39. The third-order valence-electron chi connectivity index (χ3n) is 6.83. The standard InChI is InChI=1S/C29H40ClNO3Si2/c1-34-29(33)24-16-14-21(30)19-25(24)23-15-13-20(18-27(35(2,3)4)36(5,6)7)17-26(23)28(32)31-22-11-9-8-10-12-22/h13-19,22H,8-12H2,1-7H3,(H,31,32). The zero-order valence-corrected chi connectivity index (χ0v) is 25.5.